The molecule has 0 aromatic carbocycles. The van der Waals surface area contributed by atoms with E-state index in [-0.39, 0.29) is 12.4 Å². The van der Waals surface area contributed by atoms with Gasteiger partial charge in [0.05, 0.1) is 19.0 Å². The lowest BCUT2D eigenvalue weighted by Gasteiger charge is -2.21. The molecule has 0 radical (unpaired) electrons. The van der Waals surface area contributed by atoms with Crippen molar-refractivity contribution in [3.63, 3.8) is 0 Å². The highest BCUT2D eigenvalue weighted by atomic mass is 35.5. The number of rotatable bonds is 8. The summed E-state index contributed by atoms with van der Waals surface area (Å²) < 4.78 is 52.5. The summed E-state index contributed by atoms with van der Waals surface area (Å²) in [6.07, 6.45) is -1.91. The average Bonchev–Trinajstić information content (AvgIpc) is 3.13. The summed E-state index contributed by atoms with van der Waals surface area (Å²) in [6, 6.07) is 0. The Labute approximate surface area is 178 Å². The molecule has 1 saturated heterocycles. The van der Waals surface area contributed by atoms with Gasteiger partial charge in [-0.25, -0.2) is 23.7 Å². The van der Waals surface area contributed by atoms with Crippen molar-refractivity contribution in [2.24, 2.45) is 10.7 Å². The van der Waals surface area contributed by atoms with Crippen LogP contribution in [0.15, 0.2) is 11.3 Å². The van der Waals surface area contributed by atoms with E-state index in [4.69, 9.17) is 36.8 Å². The van der Waals surface area contributed by atoms with Crippen LogP contribution < -0.4 is 11.1 Å². The number of guanidine groups is 1. The summed E-state index contributed by atoms with van der Waals surface area (Å²) in [5, 5.41) is 12.9. The number of hydrogen-bond donors (Lipinski definition) is 7. The maximum absolute atomic E-state index is 11.8. The number of phosphoric ester groups is 1. The number of nitrogens with one attached hydrogen (secondary N) is 1. The molecule has 2 aliphatic heterocycles. The van der Waals surface area contributed by atoms with Gasteiger partial charge in [-0.2, -0.15) is 8.62 Å². The van der Waals surface area contributed by atoms with E-state index in [0.29, 0.717) is 11.5 Å². The number of imidazole rings is 1. The molecule has 3 heterocycles. The topological polar surface area (TPSA) is 258 Å². The normalized spacial score (nSPS) is 30.1. The lowest BCUT2D eigenvalue weighted by atomic mass is 10.2. The van der Waals surface area contributed by atoms with Gasteiger partial charge in [0.2, 0.25) is 0 Å². The van der Waals surface area contributed by atoms with E-state index >= 15 is 0 Å². The monoisotopic (exact) mass is 527 g/mol. The van der Waals surface area contributed by atoms with Gasteiger partial charge in [-0.3, -0.25) is 9.09 Å². The summed E-state index contributed by atoms with van der Waals surface area (Å²) in [4.78, 5) is 43.6. The molecule has 176 valence electrons. The molecule has 8 N–H and O–H groups in total. The molecular weight excluding hydrogens is 511 g/mol. The molecule has 3 rings (SSSR count). The van der Waals surface area contributed by atoms with Crippen molar-refractivity contribution in [3.8, 4) is 0 Å². The van der Waals surface area contributed by atoms with E-state index in [1.807, 2.05) is 0 Å². The number of alkyl halides is 1. The standard InChI is InChI=1S/C10H17ClN5O12P3/c11-8-7-9(15-10(12)14-8)16(3-13-7)6-1-4(17)5(26-6)2-25-30(21,22)28-31(23,24)27-29(18,19)20/h3-6,8,17H,1-2H2,(H,21,22)(H,23,24)(H3,12,14,15)(H2,18,19,20)/t4-,5-,6-,8?/m1/s1. The first-order chi connectivity index (χ1) is 14.2. The summed E-state index contributed by atoms with van der Waals surface area (Å²) in [5.41, 5.74) is 5.14. The molecule has 0 amide bonds. The Kier molecular flexibility index (Phi) is 7.02. The fraction of sp³-hybridized carbons (Fsp3) is 0.600. The van der Waals surface area contributed by atoms with Crippen LogP contribution in [0.25, 0.3) is 0 Å². The Bertz CT molecular complexity index is 1010. The first-order valence-corrected chi connectivity index (χ1v) is 13.0. The minimum Gasteiger partial charge on any atom is -0.390 e. The van der Waals surface area contributed by atoms with Crippen molar-refractivity contribution >= 4 is 46.8 Å². The molecule has 0 spiro atoms. The third-order valence-electron chi connectivity index (χ3n) is 3.88. The minimum atomic E-state index is -5.65. The lowest BCUT2D eigenvalue weighted by Crippen LogP contribution is -2.29. The highest BCUT2D eigenvalue weighted by molar-refractivity contribution is 7.66. The van der Waals surface area contributed by atoms with E-state index in [0.717, 1.165) is 0 Å². The number of hydrogen-bond acceptors (Lipinski definition) is 12. The molecular formula is C10H17ClN5O12P3. The molecule has 3 unspecified atom stereocenters. The molecule has 31 heavy (non-hydrogen) atoms. The van der Waals surface area contributed by atoms with Gasteiger partial charge in [0, 0.05) is 6.42 Å². The fourth-order valence-electron chi connectivity index (χ4n) is 2.74. The maximum Gasteiger partial charge on any atom is 0.490 e. The van der Waals surface area contributed by atoms with Gasteiger partial charge in [0.1, 0.15) is 23.8 Å². The van der Waals surface area contributed by atoms with Crippen LogP contribution in [0.4, 0.5) is 5.82 Å². The van der Waals surface area contributed by atoms with Crippen LogP contribution >= 0.6 is 35.1 Å². The van der Waals surface area contributed by atoms with Crippen molar-refractivity contribution in [1.29, 1.82) is 0 Å². The van der Waals surface area contributed by atoms with Crippen molar-refractivity contribution < 1.29 is 56.3 Å². The molecule has 1 fully saturated rings. The van der Waals surface area contributed by atoms with E-state index in [2.05, 4.69) is 28.4 Å². The Morgan fingerprint density at radius 1 is 1.26 bits per heavy atom. The molecule has 2 aliphatic rings. The van der Waals surface area contributed by atoms with Crippen molar-refractivity contribution in [3.05, 3.63) is 12.0 Å². The number of phosphoric acid groups is 3. The Hall–Kier alpha value is -0.900. The van der Waals surface area contributed by atoms with Gasteiger partial charge < -0.3 is 40.5 Å². The van der Waals surface area contributed by atoms with Crippen LogP contribution in [0, 0.1) is 0 Å². The SMILES string of the molecule is NC1=NC(Cl)c2ncn([C@H]3C[C@@H](O)[C@@H](COP(=O)(O)OP(=O)(O)OP(=O)(O)O)O3)c2N1. The van der Waals surface area contributed by atoms with E-state index < -0.39 is 54.0 Å². The Morgan fingerprint density at radius 3 is 2.58 bits per heavy atom. The van der Waals surface area contributed by atoms with Gasteiger partial charge in [0.25, 0.3) is 0 Å². The highest BCUT2D eigenvalue weighted by Crippen LogP contribution is 2.66. The van der Waals surface area contributed by atoms with Gasteiger partial charge >= 0.3 is 23.5 Å². The molecule has 6 atom stereocenters. The quantitative estimate of drug-likeness (QED) is 0.132. The second kappa shape index (κ2) is 8.80. The van der Waals surface area contributed by atoms with E-state index in [9.17, 15) is 23.7 Å². The number of anilines is 1. The van der Waals surface area contributed by atoms with Crippen molar-refractivity contribution in [2.45, 2.75) is 30.4 Å². The predicted octanol–water partition coefficient (Wildman–Crippen LogP) is -0.148. The molecule has 0 bridgehead atoms. The second-order valence-corrected chi connectivity index (χ2v) is 11.0. The maximum atomic E-state index is 11.8. The number of nitrogens with zero attached hydrogens (tertiary/aromatic N) is 3. The molecule has 0 saturated carbocycles. The minimum absolute atomic E-state index is 0.0150. The first-order valence-electron chi connectivity index (χ1n) is 8.09. The van der Waals surface area contributed by atoms with Crippen LogP contribution in [-0.4, -0.2) is 59.0 Å². The lowest BCUT2D eigenvalue weighted by molar-refractivity contribution is -0.0428. The highest BCUT2D eigenvalue weighted by Gasteiger charge is 2.43. The van der Waals surface area contributed by atoms with Gasteiger partial charge in [-0.05, 0) is 0 Å². The van der Waals surface area contributed by atoms with Gasteiger partial charge in [-0.1, -0.05) is 11.6 Å². The zero-order valence-corrected chi connectivity index (χ0v) is 18.5. The molecule has 1 aromatic rings. The van der Waals surface area contributed by atoms with Crippen LogP contribution in [0.1, 0.15) is 23.8 Å². The number of halogens is 1. The summed E-state index contributed by atoms with van der Waals surface area (Å²) in [6.45, 7) is -0.798. The summed E-state index contributed by atoms with van der Waals surface area (Å²) in [7, 11) is -16.5. The molecule has 17 nitrogen and oxygen atoms in total. The Morgan fingerprint density at radius 2 is 1.94 bits per heavy atom. The van der Waals surface area contributed by atoms with Crippen LogP contribution in [-0.2, 0) is 31.6 Å². The van der Waals surface area contributed by atoms with Crippen LogP contribution in [0.2, 0.25) is 0 Å². The number of ether oxygens (including phenoxy) is 1. The van der Waals surface area contributed by atoms with Crippen LogP contribution in [0.5, 0.6) is 0 Å². The van der Waals surface area contributed by atoms with Crippen molar-refractivity contribution in [1.82, 2.24) is 9.55 Å². The Balaban J connectivity index is 1.62. The number of aliphatic hydroxyl groups excluding tert-OH is 1. The van der Waals surface area contributed by atoms with E-state index in [1.165, 1.54) is 10.9 Å². The van der Waals surface area contributed by atoms with E-state index in [1.54, 1.807) is 0 Å². The van der Waals surface area contributed by atoms with Crippen LogP contribution in [0.3, 0.4) is 0 Å². The second-order valence-electron chi connectivity index (χ2n) is 6.18. The zero-order chi connectivity index (χ0) is 23.2. The number of aliphatic imine (C=N–C) groups is 1. The number of aliphatic hydroxyl groups is 1. The first kappa shape index (κ1) is 24.7. The third kappa shape index (κ3) is 6.33. The number of fused-ring (bicyclic) bond motifs is 1. The molecule has 21 heteroatoms. The van der Waals surface area contributed by atoms with Gasteiger partial charge in [0.15, 0.2) is 11.5 Å². The number of nitrogens with two attached hydrogens (primary N) is 1. The fourth-order valence-corrected chi connectivity index (χ4v) is 6.04. The van der Waals surface area contributed by atoms with Crippen molar-refractivity contribution in [2.75, 3.05) is 11.9 Å². The molecule has 1 aromatic heterocycles. The smallest absolute Gasteiger partial charge is 0.390 e. The predicted molar refractivity (Wildman–Crippen MR) is 100 cm³/mol. The summed E-state index contributed by atoms with van der Waals surface area (Å²) in [5.74, 6) is 0.384. The average molecular weight is 528 g/mol. The largest absolute Gasteiger partial charge is 0.490 e. The molecule has 0 aliphatic carbocycles. The number of aromatic nitrogens is 2. The zero-order valence-electron chi connectivity index (χ0n) is 15.0. The van der Waals surface area contributed by atoms with Gasteiger partial charge in [-0.15, -0.1) is 0 Å². The summed E-state index contributed by atoms with van der Waals surface area (Å²) >= 11 is 6.04. The third-order valence-corrected chi connectivity index (χ3v) is 7.99.